The molecule has 0 spiro atoms. The number of rotatable bonds is 4. The zero-order valence-electron chi connectivity index (χ0n) is 9.69. The van der Waals surface area contributed by atoms with Crippen LogP contribution in [0.25, 0.3) is 0 Å². The van der Waals surface area contributed by atoms with Crippen molar-refractivity contribution >= 4 is 0 Å². The van der Waals surface area contributed by atoms with Crippen LogP contribution in [0, 0.1) is 5.92 Å². The zero-order chi connectivity index (χ0) is 11.2. The third-order valence-electron chi connectivity index (χ3n) is 2.74. The number of benzene rings is 2. The van der Waals surface area contributed by atoms with Crippen LogP contribution in [0.1, 0.15) is 30.9 Å². The van der Waals surface area contributed by atoms with E-state index in [1.165, 1.54) is 23.5 Å². The number of hydrogen-bond acceptors (Lipinski definition) is 0. The summed E-state index contributed by atoms with van der Waals surface area (Å²) in [5.41, 5.74) is 2.69. The molecule has 16 heavy (non-hydrogen) atoms. The molecule has 0 unspecified atom stereocenters. The minimum Gasteiger partial charge on any atom is -0.120 e. The molecular weight excluding hydrogens is 192 g/mol. The van der Waals surface area contributed by atoms with E-state index < -0.39 is 0 Å². The van der Waals surface area contributed by atoms with Crippen LogP contribution in [0.5, 0.6) is 0 Å². The van der Waals surface area contributed by atoms with Gasteiger partial charge in [0.05, 0.1) is 0 Å². The lowest BCUT2D eigenvalue weighted by Crippen LogP contribution is -2.01. The van der Waals surface area contributed by atoms with E-state index in [9.17, 15) is 0 Å². The van der Waals surface area contributed by atoms with Crippen LogP contribution in [0.15, 0.2) is 60.7 Å². The molecule has 0 amide bonds. The molecular formula is C16H17-. The van der Waals surface area contributed by atoms with E-state index in [2.05, 4.69) is 67.6 Å². The molecule has 0 aromatic heterocycles. The van der Waals surface area contributed by atoms with Gasteiger partial charge in [-0.1, -0.05) is 56.2 Å². The number of hydrogen-bond donors (Lipinski definition) is 0. The van der Waals surface area contributed by atoms with Crippen molar-refractivity contribution in [2.24, 2.45) is 0 Å². The van der Waals surface area contributed by atoms with Crippen molar-refractivity contribution in [1.82, 2.24) is 0 Å². The first-order chi connectivity index (χ1) is 7.92. The Morgan fingerprint density at radius 2 is 1.19 bits per heavy atom. The van der Waals surface area contributed by atoms with Gasteiger partial charge < -0.3 is 0 Å². The molecule has 0 bridgehead atoms. The maximum atomic E-state index is 2.23. The molecule has 0 saturated heterocycles. The monoisotopic (exact) mass is 209 g/mol. The van der Waals surface area contributed by atoms with Crippen LogP contribution in [0.4, 0.5) is 0 Å². The average Bonchev–Trinajstić information content (AvgIpc) is 2.38. The predicted octanol–water partition coefficient (Wildman–Crippen LogP) is 4.46. The Morgan fingerprint density at radius 3 is 1.56 bits per heavy atom. The van der Waals surface area contributed by atoms with Gasteiger partial charge in [0.25, 0.3) is 0 Å². The van der Waals surface area contributed by atoms with Gasteiger partial charge in [-0.2, -0.15) is 0 Å². The van der Waals surface area contributed by atoms with E-state index in [-0.39, 0.29) is 0 Å². The highest BCUT2D eigenvalue weighted by Gasteiger charge is 2.04. The lowest BCUT2D eigenvalue weighted by molar-refractivity contribution is 0.848. The highest BCUT2D eigenvalue weighted by Crippen LogP contribution is 2.27. The molecule has 0 saturated carbocycles. The van der Waals surface area contributed by atoms with Crippen molar-refractivity contribution in [1.29, 1.82) is 0 Å². The maximum Gasteiger partial charge on any atom is -0.0560 e. The van der Waals surface area contributed by atoms with E-state index in [0.29, 0.717) is 0 Å². The average molecular weight is 209 g/mol. The van der Waals surface area contributed by atoms with Gasteiger partial charge >= 0.3 is 0 Å². The zero-order valence-corrected chi connectivity index (χ0v) is 9.69. The van der Waals surface area contributed by atoms with Gasteiger partial charge in [0.2, 0.25) is 0 Å². The summed E-state index contributed by atoms with van der Waals surface area (Å²) in [5, 5.41) is 0. The van der Waals surface area contributed by atoms with Gasteiger partial charge in [0.1, 0.15) is 0 Å². The van der Waals surface area contributed by atoms with Crippen LogP contribution in [0.2, 0.25) is 0 Å². The van der Waals surface area contributed by atoms with Crippen LogP contribution in [-0.4, -0.2) is 0 Å². The first kappa shape index (κ1) is 10.8. The summed E-state index contributed by atoms with van der Waals surface area (Å²) in [4.78, 5) is 0. The quantitative estimate of drug-likeness (QED) is 0.652. The Labute approximate surface area is 97.9 Å². The summed E-state index contributed by atoms with van der Waals surface area (Å²) >= 11 is 0. The Bertz CT molecular complexity index is 363. The molecule has 0 heteroatoms. The molecule has 0 aliphatic carbocycles. The molecule has 0 N–H and O–H groups in total. The van der Waals surface area contributed by atoms with Gasteiger partial charge in [-0.15, -0.1) is 41.3 Å². The van der Waals surface area contributed by atoms with E-state index >= 15 is 0 Å². The fourth-order valence-corrected chi connectivity index (χ4v) is 1.98. The van der Waals surface area contributed by atoms with Gasteiger partial charge in [-0.3, -0.25) is 0 Å². The highest BCUT2D eigenvalue weighted by atomic mass is 14.2. The van der Waals surface area contributed by atoms with Gasteiger partial charge in [0, 0.05) is 0 Å². The summed E-state index contributed by atoms with van der Waals surface area (Å²) < 4.78 is 0. The van der Waals surface area contributed by atoms with Gasteiger partial charge in [0.15, 0.2) is 0 Å². The van der Waals surface area contributed by atoms with Crippen molar-refractivity contribution in [3.05, 3.63) is 77.7 Å². The maximum absolute atomic E-state index is 2.23. The second-order valence-corrected chi connectivity index (χ2v) is 3.96. The molecule has 2 rings (SSSR count). The molecule has 0 atom stereocenters. The van der Waals surface area contributed by atoms with Crippen molar-refractivity contribution in [3.8, 4) is 0 Å². The van der Waals surface area contributed by atoms with Crippen LogP contribution in [0.3, 0.4) is 0 Å². The summed E-state index contributed by atoms with van der Waals surface area (Å²) in [6.45, 7) is 2.23. The third kappa shape index (κ3) is 2.46. The van der Waals surface area contributed by atoms with E-state index in [0.717, 1.165) is 6.42 Å². The van der Waals surface area contributed by atoms with Gasteiger partial charge in [-0.05, 0) is 0 Å². The third-order valence-corrected chi connectivity index (χ3v) is 2.74. The largest absolute Gasteiger partial charge is 0.120 e. The molecule has 0 aliphatic rings. The molecule has 0 heterocycles. The normalized spacial score (nSPS) is 10.1. The molecule has 82 valence electrons. The molecule has 0 aliphatic heterocycles. The fourth-order valence-electron chi connectivity index (χ4n) is 1.98. The topological polar surface area (TPSA) is 0 Å². The Morgan fingerprint density at radius 1 is 0.750 bits per heavy atom. The summed E-state index contributed by atoms with van der Waals surface area (Å²) in [7, 11) is 0. The Kier molecular flexibility index (Phi) is 3.66. The lowest BCUT2D eigenvalue weighted by Gasteiger charge is -2.24. The van der Waals surface area contributed by atoms with Crippen LogP contribution >= 0.6 is 0 Å². The summed E-state index contributed by atoms with van der Waals surface area (Å²) in [5.74, 6) is 1.45. The van der Waals surface area contributed by atoms with Crippen molar-refractivity contribution in [2.75, 3.05) is 0 Å². The molecule has 2 aromatic rings. The van der Waals surface area contributed by atoms with E-state index in [1.807, 2.05) is 0 Å². The van der Waals surface area contributed by atoms with Crippen molar-refractivity contribution < 1.29 is 0 Å². The Hall–Kier alpha value is -1.69. The first-order valence-corrected chi connectivity index (χ1v) is 5.88. The molecule has 0 nitrogen and oxygen atoms in total. The van der Waals surface area contributed by atoms with Crippen molar-refractivity contribution in [2.45, 2.75) is 19.8 Å². The highest BCUT2D eigenvalue weighted by molar-refractivity contribution is 5.45. The Balaban J connectivity index is 2.31. The molecule has 0 radical (unpaired) electrons. The summed E-state index contributed by atoms with van der Waals surface area (Å²) in [6, 6.07) is 21.3. The van der Waals surface area contributed by atoms with Crippen LogP contribution < -0.4 is 0 Å². The van der Waals surface area contributed by atoms with Crippen LogP contribution in [-0.2, 0) is 0 Å². The second kappa shape index (κ2) is 5.41. The lowest BCUT2D eigenvalue weighted by atomic mass is 9.88. The van der Waals surface area contributed by atoms with Gasteiger partial charge in [-0.25, -0.2) is 0 Å². The fraction of sp³-hybridized carbons (Fsp3) is 0.188. The summed E-state index contributed by atoms with van der Waals surface area (Å²) in [6.07, 6.45) is 2.31. The molecule has 0 fully saturated rings. The van der Waals surface area contributed by atoms with Crippen molar-refractivity contribution in [3.63, 3.8) is 0 Å². The minimum absolute atomic E-state index is 1.13. The second-order valence-electron chi connectivity index (χ2n) is 3.96. The first-order valence-electron chi connectivity index (χ1n) is 5.88. The van der Waals surface area contributed by atoms with E-state index in [1.54, 1.807) is 0 Å². The minimum atomic E-state index is 1.13. The SMILES string of the molecule is CCC[C-](c1ccccc1)c1ccccc1. The predicted molar refractivity (Wildman–Crippen MR) is 69.2 cm³/mol. The van der Waals surface area contributed by atoms with E-state index in [4.69, 9.17) is 0 Å². The smallest absolute Gasteiger partial charge is 0.0560 e. The molecule has 2 aromatic carbocycles. The standard InChI is InChI=1S/C16H17/c1-2-9-16(14-10-5-3-6-11-14)15-12-7-4-8-13-15/h3-8,10-13H,2,9H2,1H3/q-1.